The van der Waals surface area contributed by atoms with E-state index in [-0.39, 0.29) is 27.8 Å². The minimum absolute atomic E-state index is 0.152. The van der Waals surface area contributed by atoms with Gasteiger partial charge in [-0.3, -0.25) is 15.6 Å². The van der Waals surface area contributed by atoms with Crippen LogP contribution in [0.3, 0.4) is 0 Å². The maximum atomic E-state index is 12.2. The van der Waals surface area contributed by atoms with Crippen LogP contribution in [0.2, 0.25) is 10.0 Å². The van der Waals surface area contributed by atoms with Crippen LogP contribution < -0.4 is 16.5 Å². The third kappa shape index (κ3) is 3.68. The number of hydrogen-bond donors (Lipinski definition) is 2. The molecule has 25 heavy (non-hydrogen) atoms. The van der Waals surface area contributed by atoms with E-state index in [0.717, 1.165) is 0 Å². The van der Waals surface area contributed by atoms with Gasteiger partial charge in [0.2, 0.25) is 0 Å². The van der Waals surface area contributed by atoms with Gasteiger partial charge in [0.15, 0.2) is 5.58 Å². The third-order valence-electron chi connectivity index (χ3n) is 3.44. The van der Waals surface area contributed by atoms with Crippen LogP contribution in [0.5, 0.6) is 0 Å². The zero-order valence-corrected chi connectivity index (χ0v) is 14.3. The zero-order chi connectivity index (χ0) is 18.0. The lowest BCUT2D eigenvalue weighted by Gasteiger charge is -2.11. The van der Waals surface area contributed by atoms with E-state index in [1.165, 1.54) is 6.07 Å². The predicted octanol–water partition coefficient (Wildman–Crippen LogP) is 4.01. The highest BCUT2D eigenvalue weighted by Gasteiger charge is 2.13. The number of carbonyl (C=O) groups is 1. The molecule has 126 valence electrons. The highest BCUT2D eigenvalue weighted by Crippen LogP contribution is 2.28. The van der Waals surface area contributed by atoms with Crippen LogP contribution in [0.15, 0.2) is 64.3 Å². The molecule has 3 aromatic rings. The molecular weight excluding hydrogens is 363 g/mol. The molecule has 2 N–H and O–H groups in total. The molecule has 0 aliphatic carbocycles. The molecule has 0 aliphatic rings. The molecule has 0 spiro atoms. The monoisotopic (exact) mass is 374 g/mol. The first-order chi connectivity index (χ1) is 12.0. The molecule has 5 nitrogen and oxygen atoms in total. The molecule has 0 fully saturated rings. The molecule has 0 bridgehead atoms. The van der Waals surface area contributed by atoms with E-state index in [2.05, 4.69) is 17.4 Å². The Bertz CT molecular complexity index is 1030. The van der Waals surface area contributed by atoms with Gasteiger partial charge in [-0.05, 0) is 30.3 Å². The van der Waals surface area contributed by atoms with Crippen molar-refractivity contribution in [1.29, 1.82) is 0 Å². The van der Waals surface area contributed by atoms with Gasteiger partial charge in [0.1, 0.15) is 0 Å². The topological polar surface area (TPSA) is 71.3 Å². The van der Waals surface area contributed by atoms with Crippen LogP contribution >= 0.6 is 23.2 Å². The van der Waals surface area contributed by atoms with Crippen LogP contribution in [0.25, 0.3) is 16.7 Å². The number of rotatable bonds is 4. The Labute approximate surface area is 152 Å². The smallest absolute Gasteiger partial charge is 0.345 e. The van der Waals surface area contributed by atoms with Crippen molar-refractivity contribution in [1.82, 2.24) is 10.9 Å². The maximum absolute atomic E-state index is 12.2. The number of hydrogen-bond acceptors (Lipinski definition) is 4. The highest BCUT2D eigenvalue weighted by molar-refractivity contribution is 6.38. The summed E-state index contributed by atoms with van der Waals surface area (Å²) < 4.78 is 5.23. The molecule has 0 saturated heterocycles. The van der Waals surface area contributed by atoms with Crippen molar-refractivity contribution >= 4 is 45.8 Å². The fraction of sp³-hybridized carbons (Fsp3) is 0. The fourth-order valence-corrected chi connectivity index (χ4v) is 2.78. The average Bonchev–Trinajstić information content (AvgIpc) is 2.60. The minimum Gasteiger partial charge on any atom is -0.421 e. The van der Waals surface area contributed by atoms with Crippen LogP contribution in [0, 0.1) is 0 Å². The fourth-order valence-electron chi connectivity index (χ4n) is 2.23. The Kier molecular flexibility index (Phi) is 4.79. The van der Waals surface area contributed by atoms with Gasteiger partial charge in [0.25, 0.3) is 5.91 Å². The van der Waals surface area contributed by atoms with Crippen molar-refractivity contribution in [2.75, 3.05) is 0 Å². The van der Waals surface area contributed by atoms with Gasteiger partial charge in [-0.2, -0.15) is 0 Å². The average molecular weight is 375 g/mol. The van der Waals surface area contributed by atoms with Crippen LogP contribution in [0.1, 0.15) is 15.9 Å². The van der Waals surface area contributed by atoms with Gasteiger partial charge in [-0.15, -0.1) is 0 Å². The summed E-state index contributed by atoms with van der Waals surface area (Å²) in [5, 5.41) is 1.19. The molecule has 0 atom stereocenters. The van der Waals surface area contributed by atoms with E-state index in [4.69, 9.17) is 27.6 Å². The number of hydrazine groups is 1. The van der Waals surface area contributed by atoms with Crippen LogP contribution in [-0.4, -0.2) is 5.91 Å². The summed E-state index contributed by atoms with van der Waals surface area (Å²) >= 11 is 12.0. The Morgan fingerprint density at radius 2 is 1.76 bits per heavy atom. The number of nitrogens with one attached hydrogen (secondary N) is 2. The van der Waals surface area contributed by atoms with Crippen molar-refractivity contribution in [3.63, 3.8) is 0 Å². The predicted molar refractivity (Wildman–Crippen MR) is 98.6 cm³/mol. The standard InChI is InChI=1S/C18H12Cl2N2O3/c1-10(21-22-17(23)11-5-3-2-4-6-11)14-8-12-7-13(19)9-15(20)16(12)25-18(14)24/h2-9,21H,1H2,(H,22,23). The first-order valence-electron chi connectivity index (χ1n) is 7.19. The van der Waals surface area contributed by atoms with Gasteiger partial charge in [0.05, 0.1) is 16.3 Å². The van der Waals surface area contributed by atoms with E-state index in [0.29, 0.717) is 16.0 Å². The summed E-state index contributed by atoms with van der Waals surface area (Å²) in [6.45, 7) is 3.75. The lowest BCUT2D eigenvalue weighted by molar-refractivity contribution is 0.0942. The molecule has 0 saturated carbocycles. The number of carbonyl (C=O) groups excluding carboxylic acids is 1. The third-order valence-corrected chi connectivity index (χ3v) is 3.94. The second-order valence-corrected chi connectivity index (χ2v) is 6.02. The number of halogens is 2. The summed E-state index contributed by atoms with van der Waals surface area (Å²) in [5.41, 5.74) is 5.48. The molecule has 0 unspecified atom stereocenters. The quantitative estimate of drug-likeness (QED) is 0.534. The normalized spacial score (nSPS) is 10.5. The van der Waals surface area contributed by atoms with Crippen molar-refractivity contribution in [3.05, 3.63) is 86.7 Å². The van der Waals surface area contributed by atoms with Crippen molar-refractivity contribution in [2.45, 2.75) is 0 Å². The summed E-state index contributed by atoms with van der Waals surface area (Å²) in [5.74, 6) is -0.363. The summed E-state index contributed by atoms with van der Waals surface area (Å²) in [6, 6.07) is 13.3. The maximum Gasteiger partial charge on any atom is 0.345 e. The van der Waals surface area contributed by atoms with Crippen molar-refractivity contribution in [2.24, 2.45) is 0 Å². The molecule has 1 heterocycles. The van der Waals surface area contributed by atoms with Gasteiger partial charge >= 0.3 is 5.63 Å². The highest BCUT2D eigenvalue weighted by atomic mass is 35.5. The first-order valence-corrected chi connectivity index (χ1v) is 7.95. The van der Waals surface area contributed by atoms with E-state index in [1.54, 1.807) is 42.5 Å². The largest absolute Gasteiger partial charge is 0.421 e. The number of amides is 1. The second kappa shape index (κ2) is 7.01. The van der Waals surface area contributed by atoms with Gasteiger partial charge in [-0.25, -0.2) is 4.79 Å². The van der Waals surface area contributed by atoms with Crippen LogP contribution in [0.4, 0.5) is 0 Å². The van der Waals surface area contributed by atoms with E-state index >= 15 is 0 Å². The Morgan fingerprint density at radius 3 is 2.48 bits per heavy atom. The molecular formula is C18H12Cl2N2O3. The SMILES string of the molecule is C=C(NNC(=O)c1ccccc1)c1cc2cc(Cl)cc(Cl)c2oc1=O. The summed E-state index contributed by atoms with van der Waals surface area (Å²) in [4.78, 5) is 24.2. The van der Waals surface area contributed by atoms with Crippen LogP contribution in [-0.2, 0) is 0 Å². The molecule has 2 aromatic carbocycles. The molecule has 7 heteroatoms. The first kappa shape index (κ1) is 17.1. The number of fused-ring (bicyclic) bond motifs is 1. The number of benzene rings is 2. The minimum atomic E-state index is -0.636. The molecule has 1 aromatic heterocycles. The molecule has 1 amide bonds. The second-order valence-electron chi connectivity index (χ2n) is 5.18. The lowest BCUT2D eigenvalue weighted by atomic mass is 10.1. The van der Waals surface area contributed by atoms with Gasteiger partial charge < -0.3 is 4.42 Å². The van der Waals surface area contributed by atoms with E-state index < -0.39 is 5.63 Å². The molecule has 0 aliphatic heterocycles. The Hall–Kier alpha value is -2.76. The molecule has 3 rings (SSSR count). The van der Waals surface area contributed by atoms with E-state index in [9.17, 15) is 9.59 Å². The molecule has 0 radical (unpaired) electrons. The summed E-state index contributed by atoms with van der Waals surface area (Å²) in [7, 11) is 0. The van der Waals surface area contributed by atoms with Crippen molar-refractivity contribution < 1.29 is 9.21 Å². The summed E-state index contributed by atoms with van der Waals surface area (Å²) in [6.07, 6.45) is 0. The van der Waals surface area contributed by atoms with Gasteiger partial charge in [0, 0.05) is 16.0 Å². The zero-order valence-electron chi connectivity index (χ0n) is 12.8. The van der Waals surface area contributed by atoms with E-state index in [1.807, 2.05) is 0 Å². The van der Waals surface area contributed by atoms with Crippen molar-refractivity contribution in [3.8, 4) is 0 Å². The Morgan fingerprint density at radius 1 is 1.04 bits per heavy atom. The Balaban J connectivity index is 1.84. The lowest BCUT2D eigenvalue weighted by Crippen LogP contribution is -2.36. The van der Waals surface area contributed by atoms with Gasteiger partial charge in [-0.1, -0.05) is 48.0 Å².